The van der Waals surface area contributed by atoms with Crippen LogP contribution in [0.15, 0.2) is 42.5 Å². The molecule has 0 aliphatic carbocycles. The molecule has 30 heavy (non-hydrogen) atoms. The summed E-state index contributed by atoms with van der Waals surface area (Å²) in [6.45, 7) is 3.55. The highest BCUT2D eigenvalue weighted by atomic mass is 19.4. The number of rotatable bonds is 4. The Labute approximate surface area is 173 Å². The number of amides is 1. The Balaban J connectivity index is 1.50. The molecule has 0 unspecified atom stereocenters. The molecule has 2 aliphatic heterocycles. The van der Waals surface area contributed by atoms with E-state index in [0.29, 0.717) is 17.7 Å². The lowest BCUT2D eigenvalue weighted by Gasteiger charge is -2.28. The van der Waals surface area contributed by atoms with E-state index >= 15 is 0 Å². The SMILES string of the molecule is O=C(c1ccc(-c2ccc(C(F)(F)F)cc2)cc1F)N1CCC[C@H]1CN1CCCC1. The van der Waals surface area contributed by atoms with Crippen molar-refractivity contribution in [1.29, 1.82) is 0 Å². The second kappa shape index (κ2) is 8.38. The molecule has 0 radical (unpaired) electrons. The molecule has 0 saturated carbocycles. The van der Waals surface area contributed by atoms with Gasteiger partial charge in [-0.05, 0) is 74.2 Å². The zero-order valence-corrected chi connectivity index (χ0v) is 16.6. The van der Waals surface area contributed by atoms with Crippen LogP contribution >= 0.6 is 0 Å². The Morgan fingerprint density at radius 2 is 1.60 bits per heavy atom. The maximum Gasteiger partial charge on any atom is 0.416 e. The number of benzene rings is 2. The minimum absolute atomic E-state index is 0.0129. The number of alkyl halides is 3. The van der Waals surface area contributed by atoms with Gasteiger partial charge in [0.2, 0.25) is 0 Å². The summed E-state index contributed by atoms with van der Waals surface area (Å²) in [5, 5.41) is 0. The monoisotopic (exact) mass is 420 g/mol. The Morgan fingerprint density at radius 3 is 2.23 bits per heavy atom. The van der Waals surface area contributed by atoms with Crippen molar-refractivity contribution in [3.63, 3.8) is 0 Å². The minimum atomic E-state index is -4.42. The normalized spacial score (nSPS) is 20.1. The molecule has 3 nitrogen and oxygen atoms in total. The van der Waals surface area contributed by atoms with Gasteiger partial charge >= 0.3 is 6.18 Å². The van der Waals surface area contributed by atoms with Gasteiger partial charge in [0, 0.05) is 19.1 Å². The number of likely N-dealkylation sites (tertiary alicyclic amines) is 2. The van der Waals surface area contributed by atoms with E-state index in [0.717, 1.165) is 44.6 Å². The van der Waals surface area contributed by atoms with Gasteiger partial charge in [-0.15, -0.1) is 0 Å². The molecule has 0 aromatic heterocycles. The van der Waals surface area contributed by atoms with Crippen molar-refractivity contribution in [2.75, 3.05) is 26.2 Å². The van der Waals surface area contributed by atoms with Crippen LogP contribution in [0.2, 0.25) is 0 Å². The molecule has 2 aliphatic rings. The van der Waals surface area contributed by atoms with E-state index in [4.69, 9.17) is 0 Å². The van der Waals surface area contributed by atoms with E-state index in [9.17, 15) is 22.4 Å². The highest BCUT2D eigenvalue weighted by molar-refractivity contribution is 5.95. The smallest absolute Gasteiger partial charge is 0.334 e. The summed E-state index contributed by atoms with van der Waals surface area (Å²) >= 11 is 0. The Kier molecular flexibility index (Phi) is 5.82. The molecule has 160 valence electrons. The summed E-state index contributed by atoms with van der Waals surface area (Å²) in [5.41, 5.74) is 0.164. The fourth-order valence-electron chi connectivity index (χ4n) is 4.43. The molecule has 7 heteroatoms. The predicted molar refractivity (Wildman–Crippen MR) is 107 cm³/mol. The molecule has 0 bridgehead atoms. The average molecular weight is 420 g/mol. The van der Waals surface area contributed by atoms with E-state index in [-0.39, 0.29) is 17.5 Å². The van der Waals surface area contributed by atoms with Gasteiger partial charge in [-0.3, -0.25) is 4.79 Å². The van der Waals surface area contributed by atoms with Crippen LogP contribution < -0.4 is 0 Å². The first kappa shape index (κ1) is 20.8. The van der Waals surface area contributed by atoms with E-state index in [1.165, 1.54) is 37.1 Å². The fraction of sp³-hybridized carbons (Fsp3) is 0.435. The first-order valence-electron chi connectivity index (χ1n) is 10.3. The topological polar surface area (TPSA) is 23.6 Å². The molecule has 2 aromatic rings. The molecule has 4 rings (SSSR count). The number of hydrogen-bond acceptors (Lipinski definition) is 2. The van der Waals surface area contributed by atoms with Crippen LogP contribution in [0.1, 0.15) is 41.6 Å². The minimum Gasteiger partial charge on any atom is -0.334 e. The number of halogens is 4. The van der Waals surface area contributed by atoms with Crippen LogP contribution in [0.25, 0.3) is 11.1 Å². The van der Waals surface area contributed by atoms with Gasteiger partial charge in [0.15, 0.2) is 0 Å². The largest absolute Gasteiger partial charge is 0.416 e. The molecule has 1 amide bonds. The van der Waals surface area contributed by atoms with Gasteiger partial charge in [-0.25, -0.2) is 4.39 Å². The van der Waals surface area contributed by atoms with Crippen LogP contribution in [0.4, 0.5) is 17.6 Å². The zero-order valence-electron chi connectivity index (χ0n) is 16.6. The van der Waals surface area contributed by atoms with Gasteiger partial charge in [-0.1, -0.05) is 18.2 Å². The summed E-state index contributed by atoms with van der Waals surface area (Å²) in [5.74, 6) is -0.961. The van der Waals surface area contributed by atoms with Gasteiger partial charge in [0.25, 0.3) is 5.91 Å². The van der Waals surface area contributed by atoms with Gasteiger partial charge in [-0.2, -0.15) is 13.2 Å². The lowest BCUT2D eigenvalue weighted by molar-refractivity contribution is -0.137. The first-order chi connectivity index (χ1) is 14.3. The van der Waals surface area contributed by atoms with E-state index < -0.39 is 17.6 Å². The van der Waals surface area contributed by atoms with Crippen molar-refractivity contribution in [3.05, 3.63) is 59.4 Å². The third-order valence-corrected chi connectivity index (χ3v) is 6.05. The molecule has 2 heterocycles. The molecule has 2 aromatic carbocycles. The van der Waals surface area contributed by atoms with Crippen molar-refractivity contribution in [3.8, 4) is 11.1 Å². The van der Waals surface area contributed by atoms with E-state index in [1.54, 1.807) is 11.0 Å². The van der Waals surface area contributed by atoms with E-state index in [1.807, 2.05) is 0 Å². The van der Waals surface area contributed by atoms with Crippen molar-refractivity contribution in [2.24, 2.45) is 0 Å². The summed E-state index contributed by atoms with van der Waals surface area (Å²) in [6.07, 6.45) is -0.216. The third kappa shape index (κ3) is 4.36. The second-order valence-corrected chi connectivity index (χ2v) is 8.07. The van der Waals surface area contributed by atoms with Crippen molar-refractivity contribution >= 4 is 5.91 Å². The second-order valence-electron chi connectivity index (χ2n) is 8.07. The van der Waals surface area contributed by atoms with Crippen molar-refractivity contribution in [2.45, 2.75) is 37.9 Å². The number of carbonyl (C=O) groups excluding carboxylic acids is 1. The number of hydrogen-bond donors (Lipinski definition) is 0. The maximum absolute atomic E-state index is 14.8. The van der Waals surface area contributed by atoms with Crippen LogP contribution in [0.3, 0.4) is 0 Å². The molecular weight excluding hydrogens is 396 g/mol. The highest BCUT2D eigenvalue weighted by Gasteiger charge is 2.33. The predicted octanol–water partition coefficient (Wildman–Crippen LogP) is 5.21. The molecule has 0 N–H and O–H groups in total. The standard InChI is InChI=1S/C23H24F4N2O/c24-21-14-17(16-5-8-18(9-6-16)23(25,26)27)7-10-20(21)22(30)29-13-3-4-19(29)15-28-11-1-2-12-28/h5-10,14,19H,1-4,11-13,15H2/t19-/m0/s1. The van der Waals surface area contributed by atoms with Gasteiger partial charge in [0.1, 0.15) is 5.82 Å². The summed E-state index contributed by atoms with van der Waals surface area (Å²) in [7, 11) is 0. The Hall–Kier alpha value is -2.41. The van der Waals surface area contributed by atoms with Crippen LogP contribution in [-0.2, 0) is 6.18 Å². The molecule has 2 fully saturated rings. The van der Waals surface area contributed by atoms with Gasteiger partial charge in [0.05, 0.1) is 11.1 Å². The Bertz CT molecular complexity index is 904. The number of carbonyl (C=O) groups is 1. The number of nitrogens with zero attached hydrogens (tertiary/aromatic N) is 2. The lowest BCUT2D eigenvalue weighted by Crippen LogP contribution is -2.42. The summed E-state index contributed by atoms with van der Waals surface area (Å²) in [4.78, 5) is 17.1. The summed E-state index contributed by atoms with van der Waals surface area (Å²) < 4.78 is 53.0. The van der Waals surface area contributed by atoms with Crippen molar-refractivity contribution in [1.82, 2.24) is 9.80 Å². The third-order valence-electron chi connectivity index (χ3n) is 6.05. The fourth-order valence-corrected chi connectivity index (χ4v) is 4.43. The van der Waals surface area contributed by atoms with Gasteiger partial charge < -0.3 is 9.80 Å². The summed E-state index contributed by atoms with van der Waals surface area (Å²) in [6, 6.07) is 8.92. The first-order valence-corrected chi connectivity index (χ1v) is 10.3. The zero-order chi connectivity index (χ0) is 21.3. The lowest BCUT2D eigenvalue weighted by atomic mass is 10.0. The van der Waals surface area contributed by atoms with Crippen LogP contribution in [0, 0.1) is 5.82 Å². The molecule has 0 spiro atoms. The van der Waals surface area contributed by atoms with E-state index in [2.05, 4.69) is 4.90 Å². The molecule has 1 atom stereocenters. The highest BCUT2D eigenvalue weighted by Crippen LogP contribution is 2.32. The maximum atomic E-state index is 14.8. The molecule has 2 saturated heterocycles. The van der Waals surface area contributed by atoms with Crippen LogP contribution in [0.5, 0.6) is 0 Å². The molecular formula is C23H24F4N2O. The quantitative estimate of drug-likeness (QED) is 0.634. The Morgan fingerprint density at radius 1 is 0.933 bits per heavy atom. The van der Waals surface area contributed by atoms with Crippen LogP contribution in [-0.4, -0.2) is 47.9 Å². The van der Waals surface area contributed by atoms with Crippen molar-refractivity contribution < 1.29 is 22.4 Å². The average Bonchev–Trinajstić information content (AvgIpc) is 3.39.